The molecule has 1 aliphatic rings. The largest absolute Gasteiger partial charge is 0.496 e. The maximum absolute atomic E-state index is 13.7. The number of anilines is 1. The van der Waals surface area contributed by atoms with Gasteiger partial charge in [-0.3, -0.25) is 9.78 Å². The maximum Gasteiger partial charge on any atom is 0.274 e. The summed E-state index contributed by atoms with van der Waals surface area (Å²) in [6.45, 7) is 6.22. The third-order valence-corrected chi connectivity index (χ3v) is 6.84. The van der Waals surface area contributed by atoms with Crippen molar-refractivity contribution < 1.29 is 9.26 Å². The number of aryl methyl sites for hydroxylation is 2. The Kier molecular flexibility index (Phi) is 6.30. The van der Waals surface area contributed by atoms with Gasteiger partial charge in [0.25, 0.3) is 5.56 Å². The van der Waals surface area contributed by atoms with Crippen molar-refractivity contribution in [3.63, 3.8) is 0 Å². The Labute approximate surface area is 204 Å². The first-order valence-corrected chi connectivity index (χ1v) is 12.0. The van der Waals surface area contributed by atoms with Crippen LogP contribution < -0.4 is 15.6 Å². The van der Waals surface area contributed by atoms with Crippen LogP contribution in [0.2, 0.25) is 0 Å². The van der Waals surface area contributed by atoms with Crippen molar-refractivity contribution in [2.24, 2.45) is 0 Å². The highest BCUT2D eigenvalue weighted by Gasteiger charge is 2.22. The summed E-state index contributed by atoms with van der Waals surface area (Å²) in [5, 5.41) is 8.61. The number of hydrogen-bond acceptors (Lipinski definition) is 7. The molecule has 4 heterocycles. The van der Waals surface area contributed by atoms with Gasteiger partial charge in [0.05, 0.1) is 36.1 Å². The van der Waals surface area contributed by atoms with E-state index in [1.54, 1.807) is 17.9 Å². The van der Waals surface area contributed by atoms with E-state index in [0.29, 0.717) is 18.0 Å². The molecule has 1 N–H and O–H groups in total. The second-order valence-electron chi connectivity index (χ2n) is 9.30. The van der Waals surface area contributed by atoms with Gasteiger partial charge in [0.15, 0.2) is 0 Å². The van der Waals surface area contributed by atoms with E-state index in [-0.39, 0.29) is 11.6 Å². The molecular formula is C27H31N5O3. The first kappa shape index (κ1) is 23.1. The van der Waals surface area contributed by atoms with Crippen LogP contribution in [-0.4, -0.2) is 52.9 Å². The van der Waals surface area contributed by atoms with Gasteiger partial charge < -0.3 is 24.0 Å². The molecule has 0 atom stereocenters. The minimum absolute atomic E-state index is 0.0609. The predicted molar refractivity (Wildman–Crippen MR) is 137 cm³/mol. The zero-order valence-electron chi connectivity index (χ0n) is 20.7. The quantitative estimate of drug-likeness (QED) is 0.448. The summed E-state index contributed by atoms with van der Waals surface area (Å²) in [4.78, 5) is 20.5. The van der Waals surface area contributed by atoms with E-state index in [9.17, 15) is 4.79 Å². The molecule has 35 heavy (non-hydrogen) atoms. The second kappa shape index (κ2) is 9.54. The Morgan fingerprint density at radius 1 is 1.17 bits per heavy atom. The Balaban J connectivity index is 1.68. The monoisotopic (exact) mass is 473 g/mol. The lowest BCUT2D eigenvalue weighted by Crippen LogP contribution is -2.38. The molecule has 1 saturated heterocycles. The van der Waals surface area contributed by atoms with Gasteiger partial charge >= 0.3 is 0 Å². The lowest BCUT2D eigenvalue weighted by molar-refractivity contribution is 0.264. The van der Waals surface area contributed by atoms with Crippen molar-refractivity contribution in [2.45, 2.75) is 39.3 Å². The molecule has 0 spiro atoms. The lowest BCUT2D eigenvalue weighted by atomic mass is 9.99. The second-order valence-corrected chi connectivity index (χ2v) is 9.30. The predicted octanol–water partition coefficient (Wildman–Crippen LogP) is 4.23. The highest BCUT2D eigenvalue weighted by Crippen LogP contribution is 2.38. The van der Waals surface area contributed by atoms with Crippen molar-refractivity contribution in [1.29, 1.82) is 0 Å². The Morgan fingerprint density at radius 3 is 2.63 bits per heavy atom. The molecule has 0 radical (unpaired) electrons. The number of rotatable bonds is 6. The van der Waals surface area contributed by atoms with Crippen LogP contribution in [-0.2, 0) is 6.54 Å². The third-order valence-electron chi connectivity index (χ3n) is 6.84. The number of nitrogens with zero attached hydrogens (tertiary/aromatic N) is 4. The Bertz CT molecular complexity index is 1380. The number of hydrogen-bond donors (Lipinski definition) is 1. The molecule has 4 aromatic rings. The number of nitrogens with one attached hydrogen (secondary N) is 1. The van der Waals surface area contributed by atoms with Gasteiger partial charge in [-0.15, -0.1) is 0 Å². The number of piperidine rings is 1. The van der Waals surface area contributed by atoms with Crippen LogP contribution in [0.3, 0.4) is 0 Å². The molecule has 5 rings (SSSR count). The van der Waals surface area contributed by atoms with E-state index in [2.05, 4.69) is 33.5 Å². The van der Waals surface area contributed by atoms with Crippen LogP contribution in [0.15, 0.2) is 51.9 Å². The molecule has 182 valence electrons. The Hall–Kier alpha value is -3.65. The van der Waals surface area contributed by atoms with Crippen LogP contribution in [0.4, 0.5) is 5.69 Å². The summed E-state index contributed by atoms with van der Waals surface area (Å²) < 4.78 is 13.0. The van der Waals surface area contributed by atoms with E-state index in [1.807, 2.05) is 44.2 Å². The zero-order chi connectivity index (χ0) is 24.5. The molecule has 3 aromatic heterocycles. The van der Waals surface area contributed by atoms with Crippen molar-refractivity contribution >= 4 is 16.6 Å². The summed E-state index contributed by atoms with van der Waals surface area (Å²) in [6.07, 6.45) is 3.75. The Morgan fingerprint density at radius 2 is 1.97 bits per heavy atom. The van der Waals surface area contributed by atoms with Gasteiger partial charge in [0.2, 0.25) is 0 Å². The number of ether oxygens (including phenoxy) is 1. The number of fused-ring (bicyclic) bond motifs is 1. The van der Waals surface area contributed by atoms with Crippen LogP contribution >= 0.6 is 0 Å². The zero-order valence-corrected chi connectivity index (χ0v) is 20.7. The molecule has 0 amide bonds. The number of aromatic nitrogens is 3. The molecule has 0 bridgehead atoms. The number of benzene rings is 1. The molecule has 8 nitrogen and oxygen atoms in total. The molecule has 1 aliphatic heterocycles. The molecule has 1 fully saturated rings. The fourth-order valence-electron chi connectivity index (χ4n) is 4.93. The fraction of sp³-hybridized carbons (Fsp3) is 0.370. The topological polar surface area (TPSA) is 85.4 Å². The highest BCUT2D eigenvalue weighted by molar-refractivity contribution is 5.91. The standard InChI is InChI=1S/C27H31N5O3/c1-17-26(18(2)35-30-17)22-13-19-14-23(29-20-8-11-31(3)12-9-20)27(33)32(24(19)15-25(22)34-4)16-21-7-5-6-10-28-21/h5-7,10,13-15,20,29H,8-9,11-12,16H2,1-4H3. The number of likely N-dealkylation sites (tertiary alicyclic amines) is 1. The number of methoxy groups -OCH3 is 1. The molecule has 0 aliphatic carbocycles. The normalized spacial score (nSPS) is 15.0. The molecule has 1 aromatic carbocycles. The van der Waals surface area contributed by atoms with Crippen molar-refractivity contribution in [3.8, 4) is 16.9 Å². The van der Waals surface area contributed by atoms with E-state index in [4.69, 9.17) is 9.26 Å². The maximum atomic E-state index is 13.7. The first-order chi connectivity index (χ1) is 16.9. The lowest BCUT2D eigenvalue weighted by Gasteiger charge is -2.30. The van der Waals surface area contributed by atoms with Crippen molar-refractivity contribution in [3.05, 3.63) is 70.1 Å². The van der Waals surface area contributed by atoms with Gasteiger partial charge in [-0.25, -0.2) is 0 Å². The number of pyridine rings is 2. The van der Waals surface area contributed by atoms with Gasteiger partial charge in [-0.05, 0) is 71.1 Å². The van der Waals surface area contributed by atoms with Gasteiger partial charge in [0, 0.05) is 29.3 Å². The van der Waals surface area contributed by atoms with E-state index in [0.717, 1.165) is 65.1 Å². The van der Waals surface area contributed by atoms with Gasteiger partial charge in [-0.2, -0.15) is 0 Å². The van der Waals surface area contributed by atoms with Crippen LogP contribution in [0.1, 0.15) is 30.0 Å². The third kappa shape index (κ3) is 4.53. The summed E-state index contributed by atoms with van der Waals surface area (Å²) in [5.74, 6) is 1.39. The average molecular weight is 474 g/mol. The summed E-state index contributed by atoms with van der Waals surface area (Å²) >= 11 is 0. The van der Waals surface area contributed by atoms with Crippen molar-refractivity contribution in [2.75, 3.05) is 32.6 Å². The minimum Gasteiger partial charge on any atom is -0.496 e. The van der Waals surface area contributed by atoms with Crippen LogP contribution in [0, 0.1) is 13.8 Å². The minimum atomic E-state index is -0.0609. The fourth-order valence-corrected chi connectivity index (χ4v) is 4.93. The summed E-state index contributed by atoms with van der Waals surface area (Å²) in [7, 11) is 3.77. The molecule has 0 saturated carbocycles. The van der Waals surface area contributed by atoms with Gasteiger partial charge in [-0.1, -0.05) is 11.2 Å². The summed E-state index contributed by atoms with van der Waals surface area (Å²) in [6, 6.07) is 12.0. The average Bonchev–Trinajstić information content (AvgIpc) is 3.20. The van der Waals surface area contributed by atoms with Crippen molar-refractivity contribution in [1.82, 2.24) is 19.6 Å². The van der Waals surface area contributed by atoms with E-state index in [1.165, 1.54) is 0 Å². The molecular weight excluding hydrogens is 442 g/mol. The van der Waals surface area contributed by atoms with E-state index < -0.39 is 0 Å². The summed E-state index contributed by atoms with van der Waals surface area (Å²) in [5.41, 5.74) is 4.77. The SMILES string of the molecule is COc1cc2c(cc1-c1c(C)noc1C)cc(NC1CCN(C)CC1)c(=O)n2Cc1ccccn1. The first-order valence-electron chi connectivity index (χ1n) is 12.0. The van der Waals surface area contributed by atoms with Crippen LogP contribution in [0.5, 0.6) is 5.75 Å². The highest BCUT2D eigenvalue weighted by atomic mass is 16.5. The smallest absolute Gasteiger partial charge is 0.274 e. The van der Waals surface area contributed by atoms with Crippen LogP contribution in [0.25, 0.3) is 22.0 Å². The molecule has 8 heteroatoms. The van der Waals surface area contributed by atoms with E-state index >= 15 is 0 Å². The molecule has 0 unspecified atom stereocenters. The van der Waals surface area contributed by atoms with Gasteiger partial charge in [0.1, 0.15) is 17.2 Å².